The summed E-state index contributed by atoms with van der Waals surface area (Å²) >= 11 is 0. The van der Waals surface area contributed by atoms with E-state index >= 15 is 0 Å². The van der Waals surface area contributed by atoms with Gasteiger partial charge in [-0.05, 0) is 29.8 Å². The second-order valence-corrected chi connectivity index (χ2v) is 7.16. The summed E-state index contributed by atoms with van der Waals surface area (Å²) in [6.45, 7) is 2.46. The number of benzene rings is 2. The molecule has 2 amide bonds. The van der Waals surface area contributed by atoms with Gasteiger partial charge in [-0.1, -0.05) is 29.4 Å². The van der Waals surface area contributed by atoms with Crippen molar-refractivity contribution in [2.24, 2.45) is 5.92 Å². The molecule has 0 radical (unpaired) electrons. The molecule has 1 N–H and O–H groups in total. The van der Waals surface area contributed by atoms with Gasteiger partial charge in [0.15, 0.2) is 0 Å². The highest BCUT2D eigenvalue weighted by Crippen LogP contribution is 2.28. The Hall–Kier alpha value is -3.68. The summed E-state index contributed by atoms with van der Waals surface area (Å²) in [5.74, 6) is 1.09. The van der Waals surface area contributed by atoms with Gasteiger partial charge in [0, 0.05) is 37.7 Å². The Morgan fingerprint density at radius 1 is 1.27 bits per heavy atom. The Morgan fingerprint density at radius 3 is 2.77 bits per heavy atom. The number of ether oxygens (including phenoxy) is 1. The normalized spacial score (nSPS) is 16.0. The number of carbonyl (C=O) groups is 2. The number of amides is 2. The molecule has 8 heteroatoms. The first-order chi connectivity index (χ1) is 14.5. The van der Waals surface area contributed by atoms with Crippen LogP contribution in [0.4, 0.5) is 5.69 Å². The fourth-order valence-electron chi connectivity index (χ4n) is 3.44. The SMILES string of the molecule is COc1ccc(CNC(=O)C2CC(=O)N(c3cccc(-c4noc(C)n4)c3)C2)cc1. The fraction of sp³-hybridized carbons (Fsp3) is 0.273. The third-order valence-corrected chi connectivity index (χ3v) is 5.07. The zero-order valence-corrected chi connectivity index (χ0v) is 16.8. The van der Waals surface area contributed by atoms with Crippen molar-refractivity contribution >= 4 is 17.5 Å². The maximum atomic E-state index is 12.6. The number of aryl methyl sites for hydroxylation is 1. The van der Waals surface area contributed by atoms with Crippen molar-refractivity contribution in [3.05, 3.63) is 60.0 Å². The van der Waals surface area contributed by atoms with Crippen molar-refractivity contribution in [1.29, 1.82) is 0 Å². The van der Waals surface area contributed by atoms with Crippen LogP contribution >= 0.6 is 0 Å². The molecule has 1 unspecified atom stereocenters. The summed E-state index contributed by atoms with van der Waals surface area (Å²) in [6.07, 6.45) is 0.181. The van der Waals surface area contributed by atoms with Gasteiger partial charge in [-0.25, -0.2) is 0 Å². The van der Waals surface area contributed by atoms with Gasteiger partial charge in [0.25, 0.3) is 0 Å². The Labute approximate surface area is 173 Å². The summed E-state index contributed by atoms with van der Waals surface area (Å²) in [4.78, 5) is 31.0. The van der Waals surface area contributed by atoms with Crippen molar-refractivity contribution in [3.63, 3.8) is 0 Å². The summed E-state index contributed by atoms with van der Waals surface area (Å²) in [7, 11) is 1.61. The molecule has 3 aromatic rings. The van der Waals surface area contributed by atoms with Crippen molar-refractivity contribution in [2.45, 2.75) is 19.9 Å². The summed E-state index contributed by atoms with van der Waals surface area (Å²) in [6, 6.07) is 14.9. The van der Waals surface area contributed by atoms with Crippen LogP contribution in [0.15, 0.2) is 53.1 Å². The summed E-state index contributed by atoms with van der Waals surface area (Å²) in [5, 5.41) is 6.84. The van der Waals surface area contributed by atoms with Crippen molar-refractivity contribution < 1.29 is 18.8 Å². The third-order valence-electron chi connectivity index (χ3n) is 5.07. The predicted molar refractivity (Wildman–Crippen MR) is 110 cm³/mol. The molecular weight excluding hydrogens is 384 g/mol. The Kier molecular flexibility index (Phi) is 5.47. The zero-order chi connectivity index (χ0) is 21.1. The van der Waals surface area contributed by atoms with Crippen LogP contribution in [-0.4, -0.2) is 35.6 Å². The van der Waals surface area contributed by atoms with Gasteiger partial charge >= 0.3 is 0 Å². The van der Waals surface area contributed by atoms with Crippen molar-refractivity contribution in [2.75, 3.05) is 18.6 Å². The monoisotopic (exact) mass is 406 g/mol. The molecule has 1 fully saturated rings. The molecular formula is C22H22N4O4. The van der Waals surface area contributed by atoms with Gasteiger partial charge in [-0.2, -0.15) is 4.98 Å². The first-order valence-electron chi connectivity index (χ1n) is 9.65. The lowest BCUT2D eigenvalue weighted by Gasteiger charge is -2.17. The molecule has 1 atom stereocenters. The van der Waals surface area contributed by atoms with Crippen LogP contribution in [0.25, 0.3) is 11.4 Å². The maximum absolute atomic E-state index is 12.6. The smallest absolute Gasteiger partial charge is 0.227 e. The average Bonchev–Trinajstić information content (AvgIpc) is 3.38. The number of rotatable bonds is 6. The molecule has 1 aromatic heterocycles. The lowest BCUT2D eigenvalue weighted by atomic mass is 10.1. The molecule has 2 heterocycles. The Morgan fingerprint density at radius 2 is 2.07 bits per heavy atom. The van der Waals surface area contributed by atoms with Crippen LogP contribution in [0.3, 0.4) is 0 Å². The molecule has 1 saturated heterocycles. The van der Waals surface area contributed by atoms with Gasteiger partial charge in [-0.15, -0.1) is 0 Å². The van der Waals surface area contributed by atoms with E-state index in [1.165, 1.54) is 0 Å². The van der Waals surface area contributed by atoms with E-state index in [9.17, 15) is 9.59 Å². The van der Waals surface area contributed by atoms with Crippen LogP contribution in [0.1, 0.15) is 17.9 Å². The maximum Gasteiger partial charge on any atom is 0.227 e. The molecule has 154 valence electrons. The number of anilines is 1. The minimum atomic E-state index is -0.396. The molecule has 1 aliphatic rings. The van der Waals surface area contributed by atoms with Crippen molar-refractivity contribution in [3.8, 4) is 17.1 Å². The molecule has 30 heavy (non-hydrogen) atoms. The minimum Gasteiger partial charge on any atom is -0.497 e. The van der Waals surface area contributed by atoms with E-state index < -0.39 is 5.92 Å². The number of aromatic nitrogens is 2. The molecule has 2 aromatic carbocycles. The standard InChI is InChI=1S/C22H22N4O4/c1-14-24-21(25-30-14)16-4-3-5-18(10-16)26-13-17(11-20(26)27)22(28)23-12-15-6-8-19(29-2)9-7-15/h3-10,17H,11-13H2,1-2H3,(H,23,28). The minimum absolute atomic E-state index is 0.0824. The second-order valence-electron chi connectivity index (χ2n) is 7.16. The zero-order valence-electron chi connectivity index (χ0n) is 16.8. The first-order valence-corrected chi connectivity index (χ1v) is 9.65. The summed E-state index contributed by atoms with van der Waals surface area (Å²) < 4.78 is 10.2. The molecule has 1 aliphatic heterocycles. The number of nitrogens with zero attached hydrogens (tertiary/aromatic N) is 3. The Balaban J connectivity index is 1.40. The molecule has 4 rings (SSSR count). The van der Waals surface area contributed by atoms with E-state index in [1.807, 2.05) is 48.5 Å². The molecule has 0 saturated carbocycles. The number of methoxy groups -OCH3 is 1. The number of hydrogen-bond acceptors (Lipinski definition) is 6. The van der Waals surface area contributed by atoms with Crippen LogP contribution in [0, 0.1) is 12.8 Å². The second kappa shape index (κ2) is 8.36. The lowest BCUT2D eigenvalue weighted by Crippen LogP contribution is -2.32. The Bertz CT molecular complexity index is 1060. The molecule has 8 nitrogen and oxygen atoms in total. The van der Waals surface area contributed by atoms with Crippen molar-refractivity contribution in [1.82, 2.24) is 15.5 Å². The lowest BCUT2D eigenvalue weighted by molar-refractivity contribution is -0.126. The largest absolute Gasteiger partial charge is 0.497 e. The first kappa shape index (κ1) is 19.6. The molecule has 0 spiro atoms. The molecule has 0 bridgehead atoms. The van der Waals surface area contributed by atoms with E-state index in [0.29, 0.717) is 30.5 Å². The van der Waals surface area contributed by atoms with Crippen LogP contribution in [0.5, 0.6) is 5.75 Å². The quantitative estimate of drug-likeness (QED) is 0.676. The average molecular weight is 406 g/mol. The van der Waals surface area contributed by atoms with E-state index in [-0.39, 0.29) is 18.2 Å². The van der Waals surface area contributed by atoms with E-state index in [4.69, 9.17) is 9.26 Å². The van der Waals surface area contributed by atoms with E-state index in [2.05, 4.69) is 15.5 Å². The van der Waals surface area contributed by atoms with E-state index in [1.54, 1.807) is 18.9 Å². The highest BCUT2D eigenvalue weighted by atomic mass is 16.5. The fourth-order valence-corrected chi connectivity index (χ4v) is 3.44. The molecule has 0 aliphatic carbocycles. The van der Waals surface area contributed by atoms with Gasteiger partial charge in [0.2, 0.25) is 23.5 Å². The van der Waals surface area contributed by atoms with Gasteiger partial charge in [0.05, 0.1) is 13.0 Å². The number of carbonyl (C=O) groups excluding carboxylic acids is 2. The third kappa shape index (κ3) is 4.17. The van der Waals surface area contributed by atoms with Crippen LogP contribution < -0.4 is 15.0 Å². The van der Waals surface area contributed by atoms with Gasteiger partial charge < -0.3 is 19.5 Å². The number of nitrogens with one attached hydrogen (secondary N) is 1. The predicted octanol–water partition coefficient (Wildman–Crippen LogP) is 2.72. The van der Waals surface area contributed by atoms with E-state index in [0.717, 1.165) is 16.9 Å². The van der Waals surface area contributed by atoms with Gasteiger partial charge in [0.1, 0.15) is 5.75 Å². The van der Waals surface area contributed by atoms with Crippen LogP contribution in [-0.2, 0) is 16.1 Å². The highest BCUT2D eigenvalue weighted by Gasteiger charge is 2.35. The topological polar surface area (TPSA) is 97.6 Å². The van der Waals surface area contributed by atoms with Crippen LogP contribution in [0.2, 0.25) is 0 Å². The number of hydrogen-bond donors (Lipinski definition) is 1. The summed E-state index contributed by atoms with van der Waals surface area (Å²) in [5.41, 5.74) is 2.43. The van der Waals surface area contributed by atoms with Gasteiger partial charge in [-0.3, -0.25) is 9.59 Å². The highest BCUT2D eigenvalue weighted by molar-refractivity contribution is 6.00.